The summed E-state index contributed by atoms with van der Waals surface area (Å²) in [6, 6.07) is 0. The van der Waals surface area contributed by atoms with Gasteiger partial charge in [-0.25, -0.2) is 0 Å². The maximum Gasteiger partial charge on any atom is -0.00192 e. The van der Waals surface area contributed by atoms with E-state index in [1.165, 1.54) is 0 Å². The van der Waals surface area contributed by atoms with E-state index in [2.05, 4.69) is 45.1 Å². The van der Waals surface area contributed by atoms with E-state index < -0.39 is 0 Å². The summed E-state index contributed by atoms with van der Waals surface area (Å²) in [5.41, 5.74) is 0. The van der Waals surface area contributed by atoms with E-state index in [-0.39, 0.29) is 0 Å². The molecule has 0 heterocycles. The maximum absolute atomic E-state index is 2.31. The Balaban J connectivity index is 2.49. The fourth-order valence-corrected chi connectivity index (χ4v) is 1.24. The second kappa shape index (κ2) is 3.05. The van der Waals surface area contributed by atoms with Gasteiger partial charge in [-0.15, -0.1) is 0 Å². The van der Waals surface area contributed by atoms with Crippen molar-refractivity contribution in [3.63, 3.8) is 0 Å². The summed E-state index contributed by atoms with van der Waals surface area (Å²) in [5.74, 6) is 2.27. The molecule has 0 unspecified atom stereocenters. The van der Waals surface area contributed by atoms with Gasteiger partial charge >= 0.3 is 0 Å². The molecule has 0 fully saturated rings. The molecule has 0 aromatic rings. The summed E-state index contributed by atoms with van der Waals surface area (Å²) < 4.78 is 0. The van der Waals surface area contributed by atoms with Crippen LogP contribution >= 0.6 is 0 Å². The van der Waals surface area contributed by atoms with E-state index >= 15 is 0 Å². The van der Waals surface area contributed by atoms with Crippen molar-refractivity contribution in [3.05, 3.63) is 24.3 Å². The molecule has 1 rings (SSSR count). The topological polar surface area (TPSA) is 0 Å². The fourth-order valence-electron chi connectivity index (χ4n) is 1.24. The van der Waals surface area contributed by atoms with E-state index in [9.17, 15) is 0 Å². The van der Waals surface area contributed by atoms with Crippen LogP contribution in [0.15, 0.2) is 24.3 Å². The Morgan fingerprint density at radius 2 is 1.50 bits per heavy atom. The quantitative estimate of drug-likeness (QED) is 0.547. The van der Waals surface area contributed by atoms with Crippen LogP contribution in [0.1, 0.15) is 20.8 Å². The van der Waals surface area contributed by atoms with Crippen molar-refractivity contribution in [2.45, 2.75) is 20.8 Å². The third-order valence-corrected chi connectivity index (χ3v) is 2.44. The lowest BCUT2D eigenvalue weighted by Gasteiger charge is -2.19. The first-order valence-electron chi connectivity index (χ1n) is 4.07. The van der Waals surface area contributed by atoms with Crippen molar-refractivity contribution in [3.8, 4) is 0 Å². The van der Waals surface area contributed by atoms with Gasteiger partial charge in [0, 0.05) is 0 Å². The van der Waals surface area contributed by atoms with Crippen LogP contribution in [-0.4, -0.2) is 0 Å². The molecule has 0 saturated carbocycles. The molecule has 0 saturated heterocycles. The summed E-state index contributed by atoms with van der Waals surface area (Å²) in [6.07, 6.45) is 8.85. The van der Waals surface area contributed by atoms with Gasteiger partial charge in [0.1, 0.15) is 0 Å². The lowest BCUT2D eigenvalue weighted by Crippen LogP contribution is -2.11. The lowest BCUT2D eigenvalue weighted by molar-refractivity contribution is 0.368. The first kappa shape index (κ1) is 7.59. The molecule has 1 atom stereocenters. The molecule has 0 N–H and O–H groups in total. The first-order valence-corrected chi connectivity index (χ1v) is 4.07. The van der Waals surface area contributed by atoms with Crippen LogP contribution < -0.4 is 0 Å². The second-order valence-electron chi connectivity index (χ2n) is 3.45. The molecule has 10 heavy (non-hydrogen) atoms. The summed E-state index contributed by atoms with van der Waals surface area (Å²) >= 11 is 0. The predicted octanol–water partition coefficient (Wildman–Crippen LogP) is 3.02. The van der Waals surface area contributed by atoms with Crippen LogP contribution in [0.4, 0.5) is 0 Å². The number of hydrogen-bond acceptors (Lipinski definition) is 0. The van der Waals surface area contributed by atoms with Crippen molar-refractivity contribution < 1.29 is 0 Å². The molecule has 0 radical (unpaired) electrons. The second-order valence-corrected chi connectivity index (χ2v) is 3.45. The van der Waals surface area contributed by atoms with Gasteiger partial charge in [0.05, 0.1) is 0 Å². The maximum atomic E-state index is 2.31. The van der Waals surface area contributed by atoms with Gasteiger partial charge in [0.25, 0.3) is 0 Å². The Bertz CT molecular complexity index is 139. The van der Waals surface area contributed by atoms with Crippen molar-refractivity contribution in [1.29, 1.82) is 0 Å². The molecule has 0 heteroatoms. The lowest BCUT2D eigenvalue weighted by atomic mass is 9.86. The van der Waals surface area contributed by atoms with Crippen LogP contribution in [0.2, 0.25) is 0 Å². The molecule has 0 aromatic heterocycles. The summed E-state index contributed by atoms with van der Waals surface area (Å²) in [6.45, 7) is 6.88. The Kier molecular flexibility index (Phi) is 2.31. The molecule has 1 aliphatic carbocycles. The van der Waals surface area contributed by atoms with Gasteiger partial charge in [-0.3, -0.25) is 0 Å². The van der Waals surface area contributed by atoms with Crippen molar-refractivity contribution in [1.82, 2.24) is 0 Å². The van der Waals surface area contributed by atoms with Crippen LogP contribution in [0.3, 0.4) is 0 Å². The Hall–Kier alpha value is -0.520. The van der Waals surface area contributed by atoms with Crippen LogP contribution in [-0.2, 0) is 0 Å². The molecule has 0 aromatic carbocycles. The molecular weight excluding hydrogens is 120 g/mol. The zero-order valence-electron chi connectivity index (χ0n) is 7.04. The SMILES string of the molecule is CC(C)[C@@H](C)C1C=CC=C1. The van der Waals surface area contributed by atoms with Gasteiger partial charge in [-0.05, 0) is 17.8 Å². The Morgan fingerprint density at radius 3 is 1.90 bits per heavy atom. The molecule has 0 amide bonds. The largest absolute Gasteiger partial charge is 0.0773 e. The van der Waals surface area contributed by atoms with Crippen LogP contribution in [0, 0.1) is 17.8 Å². The average molecular weight is 136 g/mol. The molecule has 0 aliphatic heterocycles. The van der Waals surface area contributed by atoms with E-state index in [1.807, 2.05) is 0 Å². The van der Waals surface area contributed by atoms with E-state index in [0.717, 1.165) is 11.8 Å². The minimum Gasteiger partial charge on any atom is -0.0773 e. The van der Waals surface area contributed by atoms with Crippen molar-refractivity contribution >= 4 is 0 Å². The normalized spacial score (nSPS) is 20.8. The van der Waals surface area contributed by atoms with Gasteiger partial charge in [0.15, 0.2) is 0 Å². The van der Waals surface area contributed by atoms with E-state index in [1.54, 1.807) is 0 Å². The van der Waals surface area contributed by atoms with Gasteiger partial charge in [-0.1, -0.05) is 45.1 Å². The summed E-state index contributed by atoms with van der Waals surface area (Å²) in [5, 5.41) is 0. The fraction of sp³-hybridized carbons (Fsp3) is 0.600. The highest BCUT2D eigenvalue weighted by molar-refractivity contribution is 5.18. The monoisotopic (exact) mass is 136 g/mol. The highest BCUT2D eigenvalue weighted by atomic mass is 14.2. The molecular formula is C10H16. The molecule has 1 aliphatic rings. The zero-order chi connectivity index (χ0) is 7.56. The average Bonchev–Trinajstić information content (AvgIpc) is 2.36. The predicted molar refractivity (Wildman–Crippen MR) is 45.8 cm³/mol. The third-order valence-electron chi connectivity index (χ3n) is 2.44. The summed E-state index contributed by atoms with van der Waals surface area (Å²) in [7, 11) is 0. The first-order chi connectivity index (χ1) is 4.72. The van der Waals surface area contributed by atoms with E-state index in [0.29, 0.717) is 5.92 Å². The van der Waals surface area contributed by atoms with Crippen LogP contribution in [0.5, 0.6) is 0 Å². The van der Waals surface area contributed by atoms with Crippen LogP contribution in [0.25, 0.3) is 0 Å². The molecule has 0 spiro atoms. The van der Waals surface area contributed by atoms with E-state index in [4.69, 9.17) is 0 Å². The molecule has 0 bridgehead atoms. The Morgan fingerprint density at radius 1 is 1.00 bits per heavy atom. The smallest absolute Gasteiger partial charge is 0.00192 e. The standard InChI is InChI=1S/C10H16/c1-8(2)9(3)10-6-4-5-7-10/h4-10H,1-3H3/t9-/m1/s1. The Labute approximate surface area is 63.6 Å². The third kappa shape index (κ3) is 1.50. The van der Waals surface area contributed by atoms with Crippen molar-refractivity contribution in [2.24, 2.45) is 17.8 Å². The van der Waals surface area contributed by atoms with Crippen molar-refractivity contribution in [2.75, 3.05) is 0 Å². The van der Waals surface area contributed by atoms with Gasteiger partial charge in [0.2, 0.25) is 0 Å². The molecule has 0 nitrogen and oxygen atoms in total. The minimum atomic E-state index is 0.694. The van der Waals surface area contributed by atoms with Gasteiger partial charge < -0.3 is 0 Å². The summed E-state index contributed by atoms with van der Waals surface area (Å²) in [4.78, 5) is 0. The minimum absolute atomic E-state index is 0.694. The highest BCUT2D eigenvalue weighted by Crippen LogP contribution is 2.25. The molecule has 56 valence electrons. The van der Waals surface area contributed by atoms with Gasteiger partial charge in [-0.2, -0.15) is 0 Å². The highest BCUT2D eigenvalue weighted by Gasteiger charge is 2.15. The number of rotatable bonds is 2. The number of hydrogen-bond donors (Lipinski definition) is 0. The number of allylic oxidation sites excluding steroid dienone is 4. The zero-order valence-corrected chi connectivity index (χ0v) is 7.04.